The van der Waals surface area contributed by atoms with Gasteiger partial charge in [-0.3, -0.25) is 4.79 Å². The predicted octanol–water partition coefficient (Wildman–Crippen LogP) is -0.419. The second kappa shape index (κ2) is 31.5. The maximum atomic E-state index is 14.6. The number of rotatable bonds is 19. The molecule has 6 saturated heterocycles. The molecule has 13 rings (SSSR count). The first-order valence-corrected chi connectivity index (χ1v) is 38.5. The molecule has 2 aromatic rings. The molecule has 0 amide bonds. The Balaban J connectivity index is 0.824. The molecule has 15 N–H and O–H groups in total. The smallest absolute Gasteiger partial charge is 0.338 e. The second-order valence-electron chi connectivity index (χ2n) is 34.6. The van der Waals surface area contributed by atoms with E-state index in [9.17, 15) is 95.8 Å². The van der Waals surface area contributed by atoms with E-state index in [-0.39, 0.29) is 36.7 Å². The number of aliphatic carboxylic acids is 1. The van der Waals surface area contributed by atoms with Crippen molar-refractivity contribution >= 4 is 30.0 Å². The van der Waals surface area contributed by atoms with E-state index in [0.29, 0.717) is 37.7 Å². The topological polar surface area (TPSA) is 501 Å². The largest absolute Gasteiger partial charge is 0.479 e. The number of aliphatic hydroxyl groups is 14. The van der Waals surface area contributed by atoms with Crippen molar-refractivity contribution in [2.45, 2.75) is 310 Å². The minimum atomic E-state index is -2.39. The number of benzene rings is 2. The molecule has 6 aliphatic heterocycles. The normalized spacial score (nSPS) is 49.2. The third-order valence-electron chi connectivity index (χ3n) is 27.8. The van der Waals surface area contributed by atoms with Crippen LogP contribution in [0.5, 0.6) is 0 Å². The first-order chi connectivity index (χ1) is 52.3. The van der Waals surface area contributed by atoms with Crippen LogP contribution in [0.2, 0.25) is 0 Å². The molecule has 111 heavy (non-hydrogen) atoms. The predicted molar refractivity (Wildman–Crippen MR) is 375 cm³/mol. The quantitative estimate of drug-likeness (QED) is 0.0368. The lowest BCUT2D eigenvalue weighted by Crippen LogP contribution is -2.77. The number of hydrogen-bond donors (Lipinski definition) is 15. The fourth-order valence-electron chi connectivity index (χ4n) is 21.9. The average Bonchev–Trinajstić information content (AvgIpc) is 1.53. The third-order valence-corrected chi connectivity index (χ3v) is 27.8. The Hall–Kier alpha value is -4.94. The van der Waals surface area contributed by atoms with Gasteiger partial charge < -0.3 is 143 Å². The summed E-state index contributed by atoms with van der Waals surface area (Å²) in [7, 11) is 0. The van der Waals surface area contributed by atoms with Gasteiger partial charge in [0.1, 0.15) is 121 Å². The fourth-order valence-corrected chi connectivity index (χ4v) is 21.9. The maximum absolute atomic E-state index is 14.6. The van der Waals surface area contributed by atoms with Crippen LogP contribution in [-0.4, -0.2) is 304 Å². The highest BCUT2D eigenvalue weighted by molar-refractivity contribution is 5.90. The van der Waals surface area contributed by atoms with Gasteiger partial charge in [0.2, 0.25) is 0 Å². The summed E-state index contributed by atoms with van der Waals surface area (Å²) in [4.78, 5) is 56.4. The van der Waals surface area contributed by atoms with Crippen molar-refractivity contribution in [2.75, 3.05) is 13.2 Å². The Morgan fingerprint density at radius 1 is 0.495 bits per heavy atom. The van der Waals surface area contributed by atoms with E-state index < -0.39 is 265 Å². The van der Waals surface area contributed by atoms with Crippen molar-refractivity contribution in [1.29, 1.82) is 0 Å². The molecule has 0 aromatic heterocycles. The molecule has 1 spiro atoms. The average molecular weight is 1580 g/mol. The van der Waals surface area contributed by atoms with E-state index >= 15 is 0 Å². The van der Waals surface area contributed by atoms with Crippen LogP contribution in [0.3, 0.4) is 0 Å². The van der Waals surface area contributed by atoms with Gasteiger partial charge in [-0.05, 0) is 117 Å². The summed E-state index contributed by atoms with van der Waals surface area (Å²) in [6.45, 7) is 16.4. The number of hydrogen-bond acceptors (Lipinski definition) is 32. The van der Waals surface area contributed by atoms with Gasteiger partial charge in [-0.1, -0.05) is 97.0 Å². The fraction of sp³-hybridized carbons (Fsp3) is 0.769. The Morgan fingerprint density at radius 2 is 1.02 bits per heavy atom. The summed E-state index contributed by atoms with van der Waals surface area (Å²) < 4.78 is 89.3. The van der Waals surface area contributed by atoms with Crippen LogP contribution in [-0.2, 0) is 80.7 Å². The molecule has 2 bridgehead atoms. The summed E-state index contributed by atoms with van der Waals surface area (Å²) >= 11 is 0. The van der Waals surface area contributed by atoms with Crippen molar-refractivity contribution in [3.05, 3.63) is 77.9 Å². The number of aliphatic hydroxyl groups excluding tert-OH is 14. The molecular formula is C78H110O33. The molecule has 11 aliphatic rings. The molecule has 33 heteroatoms. The Labute approximate surface area is 641 Å². The lowest BCUT2D eigenvalue weighted by Gasteiger charge is -2.75. The summed E-state index contributed by atoms with van der Waals surface area (Å²) in [5.41, 5.74) is -6.16. The molecule has 33 nitrogen and oxygen atoms in total. The van der Waals surface area contributed by atoms with Crippen molar-refractivity contribution in [2.24, 2.45) is 50.2 Å². The highest BCUT2D eigenvalue weighted by Gasteiger charge is 2.87. The molecule has 38 atom stereocenters. The summed E-state index contributed by atoms with van der Waals surface area (Å²) in [6.07, 6.45) is -49.5. The molecule has 2 aromatic carbocycles. The van der Waals surface area contributed by atoms with E-state index in [4.69, 9.17) is 66.3 Å². The molecule has 6 heterocycles. The van der Waals surface area contributed by atoms with Crippen LogP contribution in [0.4, 0.5) is 0 Å². The van der Waals surface area contributed by atoms with Crippen molar-refractivity contribution in [3.8, 4) is 0 Å². The second-order valence-corrected chi connectivity index (χ2v) is 34.6. The third kappa shape index (κ3) is 14.1. The standard InChI is InChI=1S/C78H110O33/c1-33-46(83)50(87)54(91)66(98-33)107-59-52(89)47(84)34(2)99-68(59)108-60-53(90)49(86)39(32-80)102-69(60)105-57-56(93)58(64(94)95)106-70(61(57)109-67-55(92)51(88)48(85)38(31-79)101-67)103-43-25-26-74(8)40(73(43,6)7)23-27-75(9)41(74)24-28-77-42-29-72(4,5)62(110-65(96)37-19-15-12-16-20-37)63(104-45(82)22-21-36-17-13-11-14-18-36)78(42,71(97)111-77)44(100-35(3)81)30-76(75,77)10/h11-22,33-34,38-44,46-63,66-71,79-80,83-93,97H,23-32H2,1-10H3,(H,94,95)/t33-,34-,38+,39+,40+,41?,42+,43-,44+,46-,47-,48-,49-,50+,51-,52+,53-,54+,55+,56-,57-,58-,59+,60+,61+,62-,63-,66-,67-,68-,69-,70+,71+,74-,75+,76-,77-,78+/m0/s1. The molecule has 5 aliphatic carbocycles. The highest BCUT2D eigenvalue weighted by atomic mass is 16.8. The zero-order valence-corrected chi connectivity index (χ0v) is 63.6. The number of carbonyl (C=O) groups excluding carboxylic acids is 3. The zero-order chi connectivity index (χ0) is 80.5. The van der Waals surface area contributed by atoms with Crippen LogP contribution in [0.25, 0.3) is 6.08 Å². The van der Waals surface area contributed by atoms with Crippen LogP contribution >= 0.6 is 0 Å². The highest BCUT2D eigenvalue weighted by Crippen LogP contribution is 2.82. The molecular weight excluding hydrogens is 1460 g/mol. The number of ether oxygens (including phenoxy) is 14. The van der Waals surface area contributed by atoms with Crippen LogP contribution in [0.15, 0.2) is 66.7 Å². The molecule has 0 radical (unpaired) electrons. The lowest BCUT2D eigenvalue weighted by atomic mass is 9.30. The SMILES string of the molecule is CC(=O)O[C@@H]1C[C@]2(C)[C@@]3(CCC4[C@@]5(C)CC[C@H](O[C@@H]6O[C@H](C(=O)O)[C@@H](O)[C@H](O[C@@H]7O[C@H](CO)[C@H](O)[C@H](O)[C@H]7O[C@@H]7O[C@@H](C)[C@H](O)[C@@H](O)[C@H]7O[C@@H]7O[C@@H](C)[C@H](O)[C@@H](O)[C@H]7O)[C@H]6O[C@@H]6O[C@H](CO)[C@H](O)[C@H](O)[C@H]6O)C(C)(C)[C@H]5CC[C@]42C)O[C@@H](O)[C@@]12[C@@H](OC(=O)C=Cc1ccccc1)[C@H](OC(=O)c1ccccc1)C(C)(C)C[C@@H]23. The monoisotopic (exact) mass is 1570 g/mol. The van der Waals surface area contributed by atoms with E-state index in [1.54, 1.807) is 48.5 Å². The maximum Gasteiger partial charge on any atom is 0.338 e. The van der Waals surface area contributed by atoms with Crippen LogP contribution in [0.1, 0.15) is 137 Å². The van der Waals surface area contributed by atoms with Gasteiger partial charge in [-0.25, -0.2) is 14.4 Å². The summed E-state index contributed by atoms with van der Waals surface area (Å²) in [6, 6.07) is 17.4. The molecule has 1 unspecified atom stereocenters. The van der Waals surface area contributed by atoms with Crippen molar-refractivity contribution in [1.82, 2.24) is 0 Å². The number of carboxylic acid groups (broad SMARTS) is 1. The van der Waals surface area contributed by atoms with Gasteiger partial charge in [0.05, 0.1) is 42.7 Å². The number of fused-ring (bicyclic) bond motifs is 4. The van der Waals surface area contributed by atoms with Gasteiger partial charge >= 0.3 is 23.9 Å². The first-order valence-electron chi connectivity index (χ1n) is 38.5. The van der Waals surface area contributed by atoms with Crippen LogP contribution in [0, 0.1) is 50.2 Å². The van der Waals surface area contributed by atoms with Gasteiger partial charge in [0.15, 0.2) is 49.9 Å². The number of carbonyl (C=O) groups is 4. The van der Waals surface area contributed by atoms with E-state index in [0.717, 1.165) is 0 Å². The minimum Gasteiger partial charge on any atom is -0.479 e. The number of carboxylic acids is 1. The van der Waals surface area contributed by atoms with Gasteiger partial charge in [-0.15, -0.1) is 0 Å². The molecule has 5 saturated carbocycles. The van der Waals surface area contributed by atoms with Crippen molar-refractivity contribution < 1.29 is 162 Å². The molecule has 620 valence electrons. The summed E-state index contributed by atoms with van der Waals surface area (Å²) in [5.74, 6) is -5.09. The van der Waals surface area contributed by atoms with E-state index in [2.05, 4.69) is 20.8 Å². The minimum absolute atomic E-state index is 0.110. The molecule has 11 fully saturated rings. The van der Waals surface area contributed by atoms with E-state index in [1.165, 1.54) is 26.8 Å². The Morgan fingerprint density at radius 3 is 1.64 bits per heavy atom. The van der Waals surface area contributed by atoms with Gasteiger partial charge in [0, 0.05) is 29.7 Å². The van der Waals surface area contributed by atoms with Gasteiger partial charge in [-0.2, -0.15) is 0 Å². The van der Waals surface area contributed by atoms with E-state index in [1.807, 2.05) is 45.9 Å². The Bertz CT molecular complexity index is 3650. The van der Waals surface area contributed by atoms with Gasteiger partial charge in [0.25, 0.3) is 0 Å². The van der Waals surface area contributed by atoms with Crippen molar-refractivity contribution in [3.63, 3.8) is 0 Å². The number of esters is 3. The zero-order valence-electron chi connectivity index (χ0n) is 63.6. The van der Waals surface area contributed by atoms with Crippen LogP contribution < -0.4 is 0 Å². The first kappa shape index (κ1) is 84.0. The summed E-state index contributed by atoms with van der Waals surface area (Å²) in [5, 5.41) is 170. The lowest BCUT2D eigenvalue weighted by molar-refractivity contribution is -0.412. The Kier molecular flexibility index (Phi) is 23.8.